The van der Waals surface area contributed by atoms with Crippen LogP contribution in [-0.4, -0.2) is 42.6 Å². The maximum absolute atomic E-state index is 11.9. The van der Waals surface area contributed by atoms with Crippen molar-refractivity contribution < 1.29 is 13.2 Å². The van der Waals surface area contributed by atoms with Crippen LogP contribution < -0.4 is 5.32 Å². The van der Waals surface area contributed by atoms with Crippen molar-refractivity contribution in [2.24, 2.45) is 0 Å². The van der Waals surface area contributed by atoms with Crippen LogP contribution in [-0.2, 0) is 14.6 Å². The topological polar surface area (TPSA) is 76.1 Å². The van der Waals surface area contributed by atoms with Gasteiger partial charge in [0, 0.05) is 11.4 Å². The molecule has 22 heavy (non-hydrogen) atoms. The number of carbonyl (C=O) groups excluding carboxylic acids is 1. The monoisotopic (exact) mass is 336 g/mol. The first-order chi connectivity index (χ1) is 10.5. The second-order valence-corrected chi connectivity index (χ2v) is 8.52. The Balaban J connectivity index is 1.56. The number of rotatable bonds is 4. The average molecular weight is 336 g/mol. The third kappa shape index (κ3) is 3.78. The van der Waals surface area contributed by atoms with Crippen LogP contribution in [0.1, 0.15) is 6.42 Å². The van der Waals surface area contributed by atoms with Crippen molar-refractivity contribution in [3.63, 3.8) is 0 Å². The predicted octanol–water partition coefficient (Wildman–Crippen LogP) is 1.63. The summed E-state index contributed by atoms with van der Waals surface area (Å²) in [5.74, 6) is 0.304. The van der Waals surface area contributed by atoms with Gasteiger partial charge in [-0.3, -0.25) is 4.79 Å². The summed E-state index contributed by atoms with van der Waals surface area (Å²) in [4.78, 5) is 16.4. The molecular weight excluding hydrogens is 320 g/mol. The number of carbonyl (C=O) groups is 1. The second kappa shape index (κ2) is 6.26. The third-order valence-corrected chi connectivity index (χ3v) is 6.22. The summed E-state index contributed by atoms with van der Waals surface area (Å²) in [6, 6.07) is 11.4. The largest absolute Gasteiger partial charge is 0.352 e. The van der Waals surface area contributed by atoms with Gasteiger partial charge in [0.15, 0.2) is 9.84 Å². The number of aromatic nitrogens is 1. The van der Waals surface area contributed by atoms with Gasteiger partial charge in [-0.25, -0.2) is 13.4 Å². The molecule has 3 rings (SSSR count). The maximum atomic E-state index is 11.9. The molecule has 1 unspecified atom stereocenters. The SMILES string of the molecule is O=C(CSc1ccc2ccccc2n1)NC1CCS(=O)(=O)C1. The van der Waals surface area contributed by atoms with E-state index in [-0.39, 0.29) is 29.2 Å². The molecule has 5 nitrogen and oxygen atoms in total. The molecule has 1 amide bonds. The summed E-state index contributed by atoms with van der Waals surface area (Å²) < 4.78 is 22.7. The Morgan fingerprint density at radius 1 is 1.27 bits per heavy atom. The molecule has 1 fully saturated rings. The van der Waals surface area contributed by atoms with Crippen molar-refractivity contribution >= 4 is 38.4 Å². The van der Waals surface area contributed by atoms with Crippen LogP contribution in [0, 0.1) is 0 Å². The van der Waals surface area contributed by atoms with Crippen LogP contribution in [0.3, 0.4) is 0 Å². The number of sulfone groups is 1. The third-order valence-electron chi connectivity index (χ3n) is 3.52. The Bertz CT molecular complexity index is 805. The lowest BCUT2D eigenvalue weighted by Gasteiger charge is -2.10. The summed E-state index contributed by atoms with van der Waals surface area (Å²) in [6.07, 6.45) is 0.507. The summed E-state index contributed by atoms with van der Waals surface area (Å²) in [5.41, 5.74) is 0.898. The van der Waals surface area contributed by atoms with Gasteiger partial charge in [-0.15, -0.1) is 0 Å². The van der Waals surface area contributed by atoms with Gasteiger partial charge in [0.2, 0.25) is 5.91 Å². The number of thioether (sulfide) groups is 1. The number of fused-ring (bicyclic) bond motifs is 1. The van der Waals surface area contributed by atoms with Gasteiger partial charge in [0.1, 0.15) is 0 Å². The van der Waals surface area contributed by atoms with Gasteiger partial charge in [-0.1, -0.05) is 36.0 Å². The van der Waals surface area contributed by atoms with Gasteiger partial charge in [-0.05, 0) is 18.6 Å². The second-order valence-electron chi connectivity index (χ2n) is 5.30. The molecule has 1 atom stereocenters. The number of hydrogen-bond acceptors (Lipinski definition) is 5. The van der Waals surface area contributed by atoms with E-state index in [4.69, 9.17) is 0 Å². The highest BCUT2D eigenvalue weighted by molar-refractivity contribution is 7.99. The highest BCUT2D eigenvalue weighted by Gasteiger charge is 2.28. The van der Waals surface area contributed by atoms with E-state index in [0.717, 1.165) is 15.9 Å². The van der Waals surface area contributed by atoms with Crippen molar-refractivity contribution in [2.45, 2.75) is 17.5 Å². The maximum Gasteiger partial charge on any atom is 0.230 e. The molecule has 1 aromatic heterocycles. The van der Waals surface area contributed by atoms with Crippen LogP contribution >= 0.6 is 11.8 Å². The normalized spacial score (nSPS) is 20.1. The van der Waals surface area contributed by atoms with Gasteiger partial charge >= 0.3 is 0 Å². The average Bonchev–Trinajstić information content (AvgIpc) is 2.84. The zero-order chi connectivity index (χ0) is 15.6. The number of pyridine rings is 1. The summed E-state index contributed by atoms with van der Waals surface area (Å²) in [5, 5.41) is 4.62. The van der Waals surface area contributed by atoms with Gasteiger partial charge in [0.25, 0.3) is 0 Å². The van der Waals surface area contributed by atoms with E-state index in [0.29, 0.717) is 6.42 Å². The van der Waals surface area contributed by atoms with Crippen LogP contribution in [0.5, 0.6) is 0 Å². The minimum Gasteiger partial charge on any atom is -0.352 e. The molecule has 1 saturated heterocycles. The lowest BCUT2D eigenvalue weighted by Crippen LogP contribution is -2.36. The summed E-state index contributed by atoms with van der Waals surface area (Å²) in [7, 11) is -2.97. The predicted molar refractivity (Wildman–Crippen MR) is 87.7 cm³/mol. The molecule has 0 aliphatic carbocycles. The number of nitrogens with one attached hydrogen (secondary N) is 1. The minimum absolute atomic E-state index is 0.0532. The van der Waals surface area contributed by atoms with Crippen LogP contribution in [0.25, 0.3) is 10.9 Å². The molecule has 0 radical (unpaired) electrons. The van der Waals surface area contributed by atoms with Crippen LogP contribution in [0.4, 0.5) is 0 Å². The number of para-hydroxylation sites is 1. The van der Waals surface area contributed by atoms with Crippen molar-refractivity contribution in [3.8, 4) is 0 Å². The molecule has 116 valence electrons. The first kappa shape index (κ1) is 15.3. The molecule has 1 aliphatic rings. The number of hydrogen-bond donors (Lipinski definition) is 1. The molecule has 7 heteroatoms. The van der Waals surface area contributed by atoms with E-state index in [9.17, 15) is 13.2 Å². The van der Waals surface area contributed by atoms with Gasteiger partial charge in [0.05, 0.1) is 27.8 Å². The summed E-state index contributed by atoms with van der Waals surface area (Å²) in [6.45, 7) is 0. The number of amides is 1. The Hall–Kier alpha value is -1.60. The summed E-state index contributed by atoms with van der Waals surface area (Å²) >= 11 is 1.35. The van der Waals surface area contributed by atoms with Crippen molar-refractivity contribution in [1.82, 2.24) is 10.3 Å². The molecule has 1 N–H and O–H groups in total. The minimum atomic E-state index is -2.97. The van der Waals surface area contributed by atoms with Crippen molar-refractivity contribution in [2.75, 3.05) is 17.3 Å². The van der Waals surface area contributed by atoms with E-state index < -0.39 is 9.84 Å². The molecule has 2 aromatic rings. The molecule has 2 heterocycles. The smallest absolute Gasteiger partial charge is 0.230 e. The van der Waals surface area contributed by atoms with Gasteiger partial charge in [-0.2, -0.15) is 0 Å². The lowest BCUT2D eigenvalue weighted by molar-refractivity contribution is -0.119. The number of nitrogens with zero attached hydrogens (tertiary/aromatic N) is 1. The van der Waals surface area contributed by atoms with E-state index in [1.807, 2.05) is 36.4 Å². The molecule has 0 bridgehead atoms. The van der Waals surface area contributed by atoms with E-state index in [1.54, 1.807) is 0 Å². The molecular formula is C15H16N2O3S2. The van der Waals surface area contributed by atoms with E-state index in [2.05, 4.69) is 10.3 Å². The standard InChI is InChI=1S/C15H16N2O3S2/c18-14(16-12-7-8-22(19,20)10-12)9-21-15-6-5-11-3-1-2-4-13(11)17-15/h1-6,12H,7-10H2,(H,16,18). The van der Waals surface area contributed by atoms with Crippen molar-refractivity contribution in [1.29, 1.82) is 0 Å². The first-order valence-electron chi connectivity index (χ1n) is 7.00. The van der Waals surface area contributed by atoms with Crippen molar-refractivity contribution in [3.05, 3.63) is 36.4 Å². The first-order valence-corrected chi connectivity index (χ1v) is 9.81. The zero-order valence-electron chi connectivity index (χ0n) is 11.9. The molecule has 1 aliphatic heterocycles. The van der Waals surface area contributed by atoms with E-state index in [1.165, 1.54) is 11.8 Å². The highest BCUT2D eigenvalue weighted by Crippen LogP contribution is 2.20. The molecule has 0 saturated carbocycles. The fourth-order valence-corrected chi connectivity index (χ4v) is 4.81. The fraction of sp³-hybridized carbons (Fsp3) is 0.333. The quantitative estimate of drug-likeness (QED) is 0.859. The Morgan fingerprint density at radius 2 is 2.09 bits per heavy atom. The van der Waals surface area contributed by atoms with Crippen LogP contribution in [0.15, 0.2) is 41.4 Å². The lowest BCUT2D eigenvalue weighted by atomic mass is 10.2. The van der Waals surface area contributed by atoms with Gasteiger partial charge < -0.3 is 5.32 Å². The van der Waals surface area contributed by atoms with E-state index >= 15 is 0 Å². The Morgan fingerprint density at radius 3 is 2.86 bits per heavy atom. The molecule has 0 spiro atoms. The zero-order valence-corrected chi connectivity index (χ0v) is 13.5. The Kier molecular flexibility index (Phi) is 4.35. The highest BCUT2D eigenvalue weighted by atomic mass is 32.2. The fourth-order valence-electron chi connectivity index (χ4n) is 2.45. The number of benzene rings is 1. The Labute approximate surface area is 133 Å². The van der Waals surface area contributed by atoms with Crippen LogP contribution in [0.2, 0.25) is 0 Å². The molecule has 1 aromatic carbocycles.